The molecule has 0 bridgehead atoms. The Kier molecular flexibility index (Phi) is 5.45. The van der Waals surface area contributed by atoms with Gasteiger partial charge in [-0.15, -0.1) is 11.8 Å². The van der Waals surface area contributed by atoms with Crippen molar-refractivity contribution in [2.45, 2.75) is 38.5 Å². The van der Waals surface area contributed by atoms with E-state index in [-0.39, 0.29) is 12.5 Å². The third-order valence-corrected chi connectivity index (χ3v) is 2.74. The Morgan fingerprint density at radius 2 is 2.21 bits per heavy atom. The molecule has 1 saturated heterocycles. The highest BCUT2D eigenvalue weighted by Crippen LogP contribution is 2.18. The first-order valence-electron chi connectivity index (χ1n) is 5.86. The zero-order valence-corrected chi connectivity index (χ0v) is 12.3. The average Bonchev–Trinajstić information content (AvgIpc) is 2.55. The van der Waals surface area contributed by atoms with Crippen LogP contribution in [0, 0.1) is 0 Å². The smallest absolute Gasteiger partial charge is 0.408 e. The predicted molar refractivity (Wildman–Crippen MR) is 70.3 cm³/mol. The van der Waals surface area contributed by atoms with Crippen molar-refractivity contribution in [3.63, 3.8) is 0 Å². The predicted octanol–water partition coefficient (Wildman–Crippen LogP) is 0.335. The molecule has 2 amide bonds. The molecular formula is C11H20N2O5S. The Bertz CT molecular complexity index is 344. The minimum atomic E-state index is -0.924. The van der Waals surface area contributed by atoms with E-state index in [9.17, 15) is 14.7 Å². The molecule has 1 rings (SSSR count). The van der Waals surface area contributed by atoms with Crippen molar-refractivity contribution >= 4 is 23.8 Å². The fourth-order valence-electron chi connectivity index (χ4n) is 1.53. The molecule has 110 valence electrons. The molecule has 0 aliphatic carbocycles. The van der Waals surface area contributed by atoms with Gasteiger partial charge >= 0.3 is 6.09 Å². The number of alkyl carbamates (subject to hydrolysis) is 1. The van der Waals surface area contributed by atoms with Gasteiger partial charge in [-0.25, -0.2) is 9.86 Å². The molecule has 0 aromatic heterocycles. The molecule has 2 N–H and O–H groups in total. The summed E-state index contributed by atoms with van der Waals surface area (Å²) < 4.78 is 5.07. The fraction of sp³-hybridized carbons (Fsp3) is 0.818. The highest BCUT2D eigenvalue weighted by atomic mass is 32.2. The lowest BCUT2D eigenvalue weighted by Gasteiger charge is -2.21. The van der Waals surface area contributed by atoms with Crippen LogP contribution in [-0.4, -0.2) is 58.7 Å². The lowest BCUT2D eigenvalue weighted by atomic mass is 10.1. The maximum atomic E-state index is 12.0. The largest absolute Gasteiger partial charge is 0.444 e. The molecule has 1 aliphatic heterocycles. The number of thioether (sulfide) groups is 1. The summed E-state index contributed by atoms with van der Waals surface area (Å²) >= 11 is 1.40. The minimum Gasteiger partial charge on any atom is -0.444 e. The summed E-state index contributed by atoms with van der Waals surface area (Å²) in [5.41, 5.74) is -0.653. The Balaban J connectivity index is 2.64. The summed E-state index contributed by atoms with van der Waals surface area (Å²) in [6.07, 6.45) is 0.324. The summed E-state index contributed by atoms with van der Waals surface area (Å²) in [5, 5.41) is 12.7. The minimum absolute atomic E-state index is 0.335. The van der Waals surface area contributed by atoms with Crippen LogP contribution in [0.2, 0.25) is 0 Å². The number of hydrogen-bond acceptors (Lipinski definition) is 6. The van der Waals surface area contributed by atoms with Crippen molar-refractivity contribution in [1.82, 2.24) is 10.4 Å². The molecule has 19 heavy (non-hydrogen) atoms. The van der Waals surface area contributed by atoms with Crippen molar-refractivity contribution < 1.29 is 24.3 Å². The molecule has 1 fully saturated rings. The van der Waals surface area contributed by atoms with E-state index in [2.05, 4.69) is 5.32 Å². The number of hydroxylamine groups is 2. The number of nitrogens with one attached hydrogen (secondary N) is 1. The van der Waals surface area contributed by atoms with E-state index in [1.807, 2.05) is 6.26 Å². The van der Waals surface area contributed by atoms with Crippen LogP contribution in [0.25, 0.3) is 0 Å². The summed E-state index contributed by atoms with van der Waals surface area (Å²) in [6.45, 7) is 4.81. The van der Waals surface area contributed by atoms with Gasteiger partial charge in [0.2, 0.25) is 0 Å². The Morgan fingerprint density at radius 1 is 1.58 bits per heavy atom. The van der Waals surface area contributed by atoms with Gasteiger partial charge in [-0.2, -0.15) is 0 Å². The number of rotatable bonds is 4. The van der Waals surface area contributed by atoms with Crippen LogP contribution in [0.15, 0.2) is 0 Å². The summed E-state index contributed by atoms with van der Waals surface area (Å²) in [7, 11) is 0. The highest BCUT2D eigenvalue weighted by molar-refractivity contribution is 7.98. The molecule has 0 aromatic carbocycles. The second kappa shape index (κ2) is 6.44. The monoisotopic (exact) mass is 292 g/mol. The molecular weight excluding hydrogens is 272 g/mol. The highest BCUT2D eigenvalue weighted by Gasteiger charge is 2.43. The number of aliphatic hydroxyl groups excluding tert-OH is 1. The zero-order chi connectivity index (χ0) is 14.6. The van der Waals surface area contributed by atoms with E-state index in [4.69, 9.17) is 9.57 Å². The van der Waals surface area contributed by atoms with Crippen LogP contribution >= 0.6 is 11.8 Å². The fourth-order valence-corrected chi connectivity index (χ4v) is 1.95. The van der Waals surface area contributed by atoms with Gasteiger partial charge < -0.3 is 15.2 Å². The van der Waals surface area contributed by atoms with Crippen LogP contribution in [0.1, 0.15) is 20.8 Å². The van der Waals surface area contributed by atoms with Gasteiger partial charge in [0.15, 0.2) is 0 Å². The van der Waals surface area contributed by atoms with Crippen molar-refractivity contribution in [1.29, 1.82) is 0 Å². The van der Waals surface area contributed by atoms with Crippen LogP contribution in [-0.2, 0) is 14.4 Å². The van der Waals surface area contributed by atoms with Crippen molar-refractivity contribution in [3.8, 4) is 0 Å². The first kappa shape index (κ1) is 16.1. The second-order valence-electron chi connectivity index (χ2n) is 5.08. The maximum absolute atomic E-state index is 12.0. The molecule has 8 heteroatoms. The van der Waals surface area contributed by atoms with Gasteiger partial charge in [0.05, 0.1) is 12.5 Å². The molecule has 0 aromatic rings. The topological polar surface area (TPSA) is 88.1 Å². The number of carbonyl (C=O) groups excluding carboxylic acids is 2. The van der Waals surface area contributed by atoms with E-state index in [1.54, 1.807) is 20.8 Å². The van der Waals surface area contributed by atoms with Gasteiger partial charge in [0.1, 0.15) is 17.7 Å². The molecule has 2 atom stereocenters. The lowest BCUT2D eigenvalue weighted by Crippen LogP contribution is -2.48. The van der Waals surface area contributed by atoms with Gasteiger partial charge in [0, 0.05) is 0 Å². The molecule has 0 saturated carbocycles. The van der Waals surface area contributed by atoms with E-state index in [0.29, 0.717) is 5.88 Å². The maximum Gasteiger partial charge on any atom is 0.408 e. The molecule has 7 nitrogen and oxygen atoms in total. The number of carbonyl (C=O) groups is 2. The number of nitrogens with zero attached hydrogens (tertiary/aromatic N) is 1. The lowest BCUT2D eigenvalue weighted by molar-refractivity contribution is -0.169. The first-order valence-corrected chi connectivity index (χ1v) is 7.25. The van der Waals surface area contributed by atoms with Crippen LogP contribution in [0.3, 0.4) is 0 Å². The Hall–Kier alpha value is -0.990. The van der Waals surface area contributed by atoms with Crippen molar-refractivity contribution in [2.75, 3.05) is 18.7 Å². The van der Waals surface area contributed by atoms with Crippen molar-refractivity contribution in [3.05, 3.63) is 0 Å². The van der Waals surface area contributed by atoms with Crippen LogP contribution in [0.5, 0.6) is 0 Å². The number of aliphatic hydroxyl groups is 1. The van der Waals surface area contributed by atoms with Gasteiger partial charge in [-0.05, 0) is 27.0 Å². The Labute approximate surface area is 116 Å². The standard InChI is InChI=1S/C11H20N2O5S/c1-11(2,3)17-10(16)12-8-7(5-14)18-13(6-19-4)9(8)15/h7-8,14H,5-6H2,1-4H3,(H,12,16)/t7?,8-/m0/s1. The van der Waals surface area contributed by atoms with Crippen LogP contribution < -0.4 is 5.32 Å². The van der Waals surface area contributed by atoms with E-state index in [0.717, 1.165) is 5.06 Å². The second-order valence-corrected chi connectivity index (χ2v) is 5.92. The molecule has 0 spiro atoms. The summed E-state index contributed by atoms with van der Waals surface area (Å²) in [5.74, 6) is -0.0544. The number of hydrogen-bond donors (Lipinski definition) is 2. The Morgan fingerprint density at radius 3 is 2.68 bits per heavy atom. The molecule has 1 aliphatic rings. The quantitative estimate of drug-likeness (QED) is 0.776. The van der Waals surface area contributed by atoms with Crippen molar-refractivity contribution in [2.24, 2.45) is 0 Å². The van der Waals surface area contributed by atoms with E-state index < -0.39 is 23.8 Å². The third kappa shape index (κ3) is 4.55. The molecule has 1 heterocycles. The first-order chi connectivity index (χ1) is 8.78. The number of ether oxygens (including phenoxy) is 1. The number of amides is 2. The molecule has 1 unspecified atom stereocenters. The SMILES string of the molecule is CSCN1OC(CO)[C@H](NC(=O)OC(C)(C)C)C1=O. The average molecular weight is 292 g/mol. The zero-order valence-electron chi connectivity index (χ0n) is 11.5. The van der Waals surface area contributed by atoms with Crippen LogP contribution in [0.4, 0.5) is 4.79 Å². The normalized spacial score (nSPS) is 23.6. The molecule has 0 radical (unpaired) electrons. The van der Waals surface area contributed by atoms with Gasteiger partial charge in [-0.3, -0.25) is 9.63 Å². The van der Waals surface area contributed by atoms with E-state index in [1.165, 1.54) is 11.8 Å². The van der Waals surface area contributed by atoms with Gasteiger partial charge in [-0.1, -0.05) is 0 Å². The van der Waals surface area contributed by atoms with Gasteiger partial charge in [0.25, 0.3) is 5.91 Å². The third-order valence-electron chi connectivity index (χ3n) is 2.24. The van der Waals surface area contributed by atoms with E-state index >= 15 is 0 Å². The summed E-state index contributed by atoms with van der Waals surface area (Å²) in [4.78, 5) is 28.9. The summed E-state index contributed by atoms with van der Waals surface area (Å²) in [6, 6.07) is -0.924.